The summed E-state index contributed by atoms with van der Waals surface area (Å²) in [5.74, 6) is -4.19. The number of aromatic nitrogens is 3. The third-order valence-corrected chi connectivity index (χ3v) is 14.1. The number of anilines is 1. The highest BCUT2D eigenvalue weighted by Gasteiger charge is 2.34. The van der Waals surface area contributed by atoms with Crippen LogP contribution in [0.4, 0.5) is 23.2 Å². The molecule has 3 aromatic carbocycles. The molecule has 0 spiro atoms. The van der Waals surface area contributed by atoms with Gasteiger partial charge in [-0.2, -0.15) is 5.10 Å². The maximum atomic E-state index is 16.6. The molecule has 4 aliphatic rings. The average Bonchev–Trinajstić information content (AvgIpc) is 4.02. The molecule has 0 radical (unpaired) electrons. The fraction of sp³-hybridized carbons (Fsp3) is 0.420. The minimum Gasteiger partial charge on any atom is -0.369 e. The molecule has 346 valence electrons. The monoisotopic (exact) mass is 906 g/mol. The average molecular weight is 907 g/mol. The number of nitrogens with zero attached hydrogens (tertiary/aromatic N) is 6. The number of carbonyl (C=O) groups is 4. The van der Waals surface area contributed by atoms with E-state index in [1.807, 2.05) is 17.0 Å². The number of nitrogens with one attached hydrogen (secondary N) is 2. The third-order valence-electron chi connectivity index (χ3n) is 14.1. The number of aromatic amines is 1. The normalized spacial score (nSPS) is 19.1. The predicted molar refractivity (Wildman–Crippen MR) is 243 cm³/mol. The van der Waals surface area contributed by atoms with Gasteiger partial charge in [0.15, 0.2) is 5.82 Å². The highest BCUT2D eigenvalue weighted by atomic mass is 19.1. The fourth-order valence-electron chi connectivity index (χ4n) is 10.5. The number of imide groups is 1. The van der Waals surface area contributed by atoms with E-state index in [-0.39, 0.29) is 88.0 Å². The summed E-state index contributed by atoms with van der Waals surface area (Å²) in [6.07, 6.45) is 9.60. The number of aryl methyl sites for hydroxylation is 1. The molecule has 16 heteroatoms. The number of fused-ring (bicyclic) bond motifs is 1. The van der Waals surface area contributed by atoms with Crippen molar-refractivity contribution in [1.29, 1.82) is 0 Å². The second-order valence-electron chi connectivity index (χ2n) is 18.3. The van der Waals surface area contributed by atoms with Gasteiger partial charge in [-0.3, -0.25) is 29.2 Å². The molecule has 0 bridgehead atoms. The lowest BCUT2D eigenvalue weighted by atomic mass is 9.82. The molecule has 12 nitrogen and oxygen atoms in total. The molecule has 4 amide bonds. The molecule has 2 aromatic heterocycles. The largest absolute Gasteiger partial charge is 0.369 e. The Kier molecular flexibility index (Phi) is 12.6. The molecule has 6 heterocycles. The first-order valence-electron chi connectivity index (χ1n) is 22.9. The van der Waals surface area contributed by atoms with Gasteiger partial charge < -0.3 is 24.6 Å². The van der Waals surface area contributed by atoms with Gasteiger partial charge in [0.05, 0.1) is 17.1 Å². The Labute approximate surface area is 380 Å². The summed E-state index contributed by atoms with van der Waals surface area (Å²) in [5.41, 5.74) is 2.83. The predicted octanol–water partition coefficient (Wildman–Crippen LogP) is 7.67. The van der Waals surface area contributed by atoms with Crippen LogP contribution in [0.3, 0.4) is 0 Å². The molecule has 3 fully saturated rings. The number of likely N-dealkylation sites (tertiary alicyclic amines) is 1. The molecule has 0 aliphatic carbocycles. The molecule has 66 heavy (non-hydrogen) atoms. The Balaban J connectivity index is 0.894. The van der Waals surface area contributed by atoms with Gasteiger partial charge in [0, 0.05) is 106 Å². The summed E-state index contributed by atoms with van der Waals surface area (Å²) in [6, 6.07) is 11.0. The lowest BCUT2D eigenvalue weighted by molar-refractivity contribution is -0.134. The summed E-state index contributed by atoms with van der Waals surface area (Å²) < 4.78 is 67.0. The van der Waals surface area contributed by atoms with E-state index in [2.05, 4.69) is 20.3 Å². The van der Waals surface area contributed by atoms with Crippen LogP contribution in [-0.2, 0) is 20.9 Å². The van der Waals surface area contributed by atoms with Crippen LogP contribution >= 0.6 is 0 Å². The van der Waals surface area contributed by atoms with Crippen molar-refractivity contribution in [3.05, 3.63) is 112 Å². The van der Waals surface area contributed by atoms with Crippen molar-refractivity contribution in [3.8, 4) is 11.1 Å². The first-order valence-corrected chi connectivity index (χ1v) is 22.9. The van der Waals surface area contributed by atoms with Crippen LogP contribution in [-0.4, -0.2) is 112 Å². The number of benzene rings is 3. The van der Waals surface area contributed by atoms with Crippen molar-refractivity contribution in [1.82, 2.24) is 34.8 Å². The van der Waals surface area contributed by atoms with E-state index in [0.29, 0.717) is 55.7 Å². The zero-order valence-electron chi connectivity index (χ0n) is 37.4. The Morgan fingerprint density at radius 1 is 0.848 bits per heavy atom. The Hall–Kier alpha value is -6.29. The summed E-state index contributed by atoms with van der Waals surface area (Å²) in [6.45, 7) is 5.38. The number of hydrogen-bond donors (Lipinski definition) is 2. The highest BCUT2D eigenvalue weighted by Crippen LogP contribution is 2.41. The number of carbonyl (C=O) groups excluding carboxylic acids is 4. The van der Waals surface area contributed by atoms with Crippen LogP contribution in [0.2, 0.25) is 0 Å². The van der Waals surface area contributed by atoms with Crippen LogP contribution in [0.5, 0.6) is 0 Å². The van der Waals surface area contributed by atoms with E-state index in [9.17, 15) is 19.2 Å². The van der Waals surface area contributed by atoms with E-state index in [1.54, 1.807) is 55.1 Å². The Morgan fingerprint density at radius 2 is 1.61 bits per heavy atom. The van der Waals surface area contributed by atoms with Gasteiger partial charge in [0.1, 0.15) is 23.1 Å². The second-order valence-corrected chi connectivity index (χ2v) is 18.3. The van der Waals surface area contributed by atoms with E-state index in [4.69, 9.17) is 0 Å². The summed E-state index contributed by atoms with van der Waals surface area (Å²) in [7, 11) is 3.14. The quantitative estimate of drug-likeness (QED) is 0.109. The van der Waals surface area contributed by atoms with Crippen molar-refractivity contribution < 1.29 is 36.7 Å². The molecule has 1 unspecified atom stereocenters. The van der Waals surface area contributed by atoms with E-state index in [1.165, 1.54) is 23.1 Å². The first kappa shape index (κ1) is 44.9. The molecular formula is C50H54F4N8O4. The van der Waals surface area contributed by atoms with Crippen LogP contribution in [0.1, 0.15) is 95.9 Å². The second kappa shape index (κ2) is 18.5. The summed E-state index contributed by atoms with van der Waals surface area (Å²) in [4.78, 5) is 60.7. The fourth-order valence-corrected chi connectivity index (χ4v) is 10.5. The maximum Gasteiger partial charge on any atom is 0.269 e. The van der Waals surface area contributed by atoms with Crippen molar-refractivity contribution in [3.63, 3.8) is 0 Å². The van der Waals surface area contributed by atoms with Gasteiger partial charge in [-0.15, -0.1) is 0 Å². The number of amides is 4. The Morgan fingerprint density at radius 3 is 2.32 bits per heavy atom. The van der Waals surface area contributed by atoms with Gasteiger partial charge in [0.2, 0.25) is 17.7 Å². The number of halogens is 4. The minimum atomic E-state index is -0.693. The van der Waals surface area contributed by atoms with Crippen LogP contribution in [0.25, 0.3) is 27.6 Å². The molecular weight excluding hydrogens is 853 g/mol. The number of hydrogen-bond acceptors (Lipinski definition) is 7. The van der Waals surface area contributed by atoms with Crippen molar-refractivity contribution in [2.45, 2.75) is 82.7 Å². The summed E-state index contributed by atoms with van der Waals surface area (Å²) >= 11 is 0. The van der Waals surface area contributed by atoms with Crippen LogP contribution in [0, 0.1) is 30.2 Å². The van der Waals surface area contributed by atoms with E-state index < -0.39 is 35.2 Å². The lowest BCUT2D eigenvalue weighted by Crippen LogP contribution is -2.47. The van der Waals surface area contributed by atoms with Crippen LogP contribution in [0.15, 0.2) is 60.9 Å². The minimum absolute atomic E-state index is 0.0179. The highest BCUT2D eigenvalue weighted by molar-refractivity contribution is 6.05. The molecule has 3 saturated heterocycles. The van der Waals surface area contributed by atoms with Gasteiger partial charge in [-0.05, 0) is 111 Å². The molecule has 1 atom stereocenters. The topological polar surface area (TPSA) is 127 Å². The Bertz CT molecular complexity index is 2730. The van der Waals surface area contributed by atoms with Crippen LogP contribution < -0.4 is 10.2 Å². The van der Waals surface area contributed by atoms with Gasteiger partial charge in [-0.1, -0.05) is 18.2 Å². The zero-order chi connectivity index (χ0) is 46.4. The van der Waals surface area contributed by atoms with Gasteiger partial charge in [-0.25, -0.2) is 17.6 Å². The maximum absolute atomic E-state index is 16.6. The number of rotatable bonds is 10. The lowest BCUT2D eigenvalue weighted by Gasteiger charge is -2.42. The number of H-pyrrole nitrogens is 1. The van der Waals surface area contributed by atoms with Crippen molar-refractivity contribution in [2.75, 3.05) is 58.3 Å². The SMILES string of the molecule is Cc1c(C2CCN(C3CCN(c4cc(F)c(-c5cc(C6=CCCN(C(=O)CCn7cccn7)C6)c(F)c6[nH]c(C(=O)N(C)C)cc56)cc4F)CC3)CC2)ccc(C2CCC(=O)NC2=O)c1F. The van der Waals surface area contributed by atoms with Gasteiger partial charge >= 0.3 is 0 Å². The van der Waals surface area contributed by atoms with E-state index >= 15 is 17.6 Å². The third kappa shape index (κ3) is 8.74. The smallest absolute Gasteiger partial charge is 0.269 e. The molecule has 9 rings (SSSR count). The van der Waals surface area contributed by atoms with Gasteiger partial charge in [0.25, 0.3) is 5.91 Å². The zero-order valence-corrected chi connectivity index (χ0v) is 37.4. The standard InChI is InChI=1S/C50H54F4N8O4/c1-29-33(7-8-34(46(29)53)35-9-10-44(63)57-49(35)65)30-11-19-59(20-12-30)32-13-21-60(22-14-32)43-27-40(51)38(25-41(43)52)37-24-36(47(54)48-39(37)26-42(56-48)50(66)58(2)3)31-6-4-17-61(28-31)45(64)15-23-62-18-5-16-55-62/h5-8,16,18,24-27,30,32,35,56H,4,9-15,17,19-23,28H2,1-3H3,(H,57,63,65). The summed E-state index contributed by atoms with van der Waals surface area (Å²) in [5, 5.41) is 6.72. The van der Waals surface area contributed by atoms with Crippen molar-refractivity contribution in [2.24, 2.45) is 0 Å². The molecule has 5 aromatic rings. The molecule has 0 saturated carbocycles. The molecule has 4 aliphatic heterocycles. The van der Waals surface area contributed by atoms with Crippen molar-refractivity contribution >= 4 is 45.8 Å². The van der Waals surface area contributed by atoms with E-state index in [0.717, 1.165) is 50.4 Å². The number of piperidine rings is 3. The first-order chi connectivity index (χ1) is 31.7. The molecule has 2 N–H and O–H groups in total.